The first-order valence-electron chi connectivity index (χ1n) is 8.19. The zero-order valence-corrected chi connectivity index (χ0v) is 16.8. The van der Waals surface area contributed by atoms with Gasteiger partial charge in [-0.25, -0.2) is 4.57 Å². The lowest BCUT2D eigenvalue weighted by Gasteiger charge is -2.30. The molecule has 1 aliphatic heterocycles. The van der Waals surface area contributed by atoms with E-state index >= 15 is 0 Å². The van der Waals surface area contributed by atoms with E-state index in [1.54, 1.807) is 6.08 Å². The highest BCUT2D eigenvalue weighted by Gasteiger charge is 2.37. The standard InChI is InChI=1S/C18H28NO5P/c1-17(2,3)13-10-12(11-14(16(13)20)18(4,5)6)15-8-9-24-19(15)25(21,22)23-7/h8,10-11,20H,9H2,1-7H3,(H,21,22). The Morgan fingerprint density at radius 3 is 2.00 bits per heavy atom. The summed E-state index contributed by atoms with van der Waals surface area (Å²) in [4.78, 5) is 16.2. The van der Waals surface area contributed by atoms with Gasteiger partial charge in [0.25, 0.3) is 0 Å². The second-order valence-corrected chi connectivity index (χ2v) is 9.96. The number of hydroxylamine groups is 1. The Morgan fingerprint density at radius 2 is 1.60 bits per heavy atom. The van der Waals surface area contributed by atoms with Gasteiger partial charge in [0.05, 0.1) is 12.3 Å². The lowest BCUT2D eigenvalue weighted by Crippen LogP contribution is -2.20. The van der Waals surface area contributed by atoms with Crippen LogP contribution in [0, 0.1) is 0 Å². The zero-order valence-electron chi connectivity index (χ0n) is 16.0. The van der Waals surface area contributed by atoms with Crippen molar-refractivity contribution in [1.29, 1.82) is 0 Å². The molecule has 140 valence electrons. The molecule has 0 saturated carbocycles. The quantitative estimate of drug-likeness (QED) is 0.773. The molecule has 25 heavy (non-hydrogen) atoms. The van der Waals surface area contributed by atoms with E-state index in [4.69, 9.17) is 9.36 Å². The second kappa shape index (κ2) is 6.44. The third-order valence-electron chi connectivity index (χ3n) is 4.17. The van der Waals surface area contributed by atoms with Crippen LogP contribution in [0.2, 0.25) is 0 Å². The minimum Gasteiger partial charge on any atom is -0.507 e. The second-order valence-electron chi connectivity index (χ2n) is 8.25. The molecule has 7 heteroatoms. The van der Waals surface area contributed by atoms with Crippen molar-refractivity contribution in [2.75, 3.05) is 13.7 Å². The lowest BCUT2D eigenvalue weighted by molar-refractivity contribution is -0.0295. The number of hydrogen-bond acceptors (Lipinski definition) is 4. The van der Waals surface area contributed by atoms with Crippen molar-refractivity contribution in [1.82, 2.24) is 4.83 Å². The summed E-state index contributed by atoms with van der Waals surface area (Å²) in [6, 6.07) is 3.68. The number of phenols is 1. The van der Waals surface area contributed by atoms with Crippen LogP contribution in [0.3, 0.4) is 0 Å². The predicted octanol–water partition coefficient (Wildman–Crippen LogP) is 4.32. The van der Waals surface area contributed by atoms with Crippen molar-refractivity contribution in [2.24, 2.45) is 0 Å². The highest BCUT2D eigenvalue weighted by Crippen LogP contribution is 2.53. The van der Waals surface area contributed by atoms with Crippen molar-refractivity contribution in [3.05, 3.63) is 34.9 Å². The molecule has 1 aromatic carbocycles. The Hall–Kier alpha value is -1.33. The number of benzene rings is 1. The number of rotatable bonds is 3. The van der Waals surface area contributed by atoms with Crippen LogP contribution in [0.4, 0.5) is 0 Å². The van der Waals surface area contributed by atoms with Crippen molar-refractivity contribution in [3.8, 4) is 5.75 Å². The summed E-state index contributed by atoms with van der Waals surface area (Å²) in [6.45, 7) is 12.3. The zero-order chi connectivity index (χ0) is 19.2. The summed E-state index contributed by atoms with van der Waals surface area (Å²) < 4.78 is 17.0. The highest BCUT2D eigenvalue weighted by molar-refractivity contribution is 7.50. The fourth-order valence-corrected chi connectivity index (χ4v) is 3.60. The number of phenolic OH excluding ortho intramolecular Hbond substituents is 1. The molecule has 1 unspecified atom stereocenters. The topological polar surface area (TPSA) is 79.2 Å². The summed E-state index contributed by atoms with van der Waals surface area (Å²) in [7, 11) is -2.92. The Kier molecular flexibility index (Phi) is 5.15. The van der Waals surface area contributed by atoms with E-state index in [1.807, 2.05) is 53.7 Å². The Labute approximate surface area is 149 Å². The molecule has 0 spiro atoms. The fraction of sp³-hybridized carbons (Fsp3) is 0.556. The van der Waals surface area contributed by atoms with Gasteiger partial charge in [-0.1, -0.05) is 41.5 Å². The number of hydrogen-bond donors (Lipinski definition) is 2. The van der Waals surface area contributed by atoms with Gasteiger partial charge < -0.3 is 10.00 Å². The lowest BCUT2D eigenvalue weighted by atomic mass is 9.78. The average molecular weight is 369 g/mol. The van der Waals surface area contributed by atoms with E-state index in [1.165, 1.54) is 0 Å². The predicted molar refractivity (Wildman–Crippen MR) is 98.1 cm³/mol. The van der Waals surface area contributed by atoms with E-state index in [0.29, 0.717) is 11.3 Å². The SMILES string of the molecule is COP(=O)(O)N1OCC=C1c1cc(C(C)(C)C)c(O)c(C(C)(C)C)c1. The van der Waals surface area contributed by atoms with Crippen LogP contribution in [0.25, 0.3) is 5.70 Å². The van der Waals surface area contributed by atoms with Crippen molar-refractivity contribution in [2.45, 2.75) is 52.4 Å². The molecule has 2 N–H and O–H groups in total. The van der Waals surface area contributed by atoms with Gasteiger partial charge in [0.15, 0.2) is 0 Å². The Bertz CT molecular complexity index is 708. The third-order valence-corrected chi connectivity index (χ3v) is 5.43. The van der Waals surface area contributed by atoms with Gasteiger partial charge in [-0.15, -0.1) is 0 Å². The fourth-order valence-electron chi connectivity index (χ4n) is 2.77. The molecule has 0 fully saturated rings. The molecule has 0 saturated heterocycles. The summed E-state index contributed by atoms with van der Waals surface area (Å²) in [5.74, 6) is 0.258. The third kappa shape index (κ3) is 3.93. The molecular formula is C18H28NO5P. The van der Waals surface area contributed by atoms with E-state index < -0.39 is 7.75 Å². The van der Waals surface area contributed by atoms with E-state index in [9.17, 15) is 14.6 Å². The first kappa shape index (κ1) is 20.0. The normalized spacial score (nSPS) is 18.2. The number of aromatic hydroxyl groups is 1. The average Bonchev–Trinajstić information content (AvgIpc) is 2.95. The van der Waals surface area contributed by atoms with Crippen molar-refractivity contribution >= 4 is 13.4 Å². The Balaban J connectivity index is 2.68. The maximum atomic E-state index is 12.2. The summed E-state index contributed by atoms with van der Waals surface area (Å²) in [6.07, 6.45) is 1.73. The highest BCUT2D eigenvalue weighted by atomic mass is 31.2. The number of nitrogens with zero attached hydrogens (tertiary/aromatic N) is 1. The van der Waals surface area contributed by atoms with Crippen LogP contribution in [-0.4, -0.2) is 28.6 Å². The maximum Gasteiger partial charge on any atom is 0.456 e. The molecule has 1 aromatic rings. The van der Waals surface area contributed by atoms with Gasteiger partial charge in [0.1, 0.15) is 5.75 Å². The molecule has 0 aliphatic carbocycles. The van der Waals surface area contributed by atoms with Crippen LogP contribution in [-0.2, 0) is 24.8 Å². The van der Waals surface area contributed by atoms with Crippen molar-refractivity contribution in [3.63, 3.8) is 0 Å². The van der Waals surface area contributed by atoms with Crippen LogP contribution < -0.4 is 0 Å². The minimum atomic E-state index is -4.09. The first-order chi connectivity index (χ1) is 11.3. The summed E-state index contributed by atoms with van der Waals surface area (Å²) in [5, 5.41) is 10.8. The van der Waals surface area contributed by atoms with Crippen LogP contribution in [0.5, 0.6) is 5.75 Å². The van der Waals surface area contributed by atoms with E-state index in [0.717, 1.165) is 23.1 Å². The van der Waals surface area contributed by atoms with Gasteiger partial charge in [-0.3, -0.25) is 9.36 Å². The van der Waals surface area contributed by atoms with Crippen LogP contribution in [0.15, 0.2) is 18.2 Å². The first-order valence-corrected chi connectivity index (χ1v) is 9.72. The molecule has 0 aromatic heterocycles. The van der Waals surface area contributed by atoms with E-state index in [-0.39, 0.29) is 23.2 Å². The maximum absolute atomic E-state index is 12.2. The molecule has 6 nitrogen and oxygen atoms in total. The molecule has 1 aliphatic rings. The van der Waals surface area contributed by atoms with Gasteiger partial charge in [0, 0.05) is 23.8 Å². The molecule has 0 bridgehead atoms. The molecule has 2 rings (SSSR count). The van der Waals surface area contributed by atoms with Crippen LogP contribution >= 0.6 is 7.75 Å². The smallest absolute Gasteiger partial charge is 0.456 e. The van der Waals surface area contributed by atoms with E-state index in [2.05, 4.69) is 0 Å². The summed E-state index contributed by atoms with van der Waals surface area (Å²) in [5.41, 5.74) is 2.12. The van der Waals surface area contributed by atoms with Gasteiger partial charge in [-0.05, 0) is 29.0 Å². The molecule has 1 heterocycles. The van der Waals surface area contributed by atoms with Gasteiger partial charge in [0.2, 0.25) is 0 Å². The minimum absolute atomic E-state index is 0.180. The van der Waals surface area contributed by atoms with Gasteiger partial charge in [-0.2, -0.15) is 4.83 Å². The monoisotopic (exact) mass is 369 g/mol. The molecule has 0 amide bonds. The summed E-state index contributed by atoms with van der Waals surface area (Å²) >= 11 is 0. The van der Waals surface area contributed by atoms with Crippen molar-refractivity contribution < 1.29 is 23.9 Å². The largest absolute Gasteiger partial charge is 0.507 e. The Morgan fingerprint density at radius 1 is 1.12 bits per heavy atom. The van der Waals surface area contributed by atoms with Crippen LogP contribution in [0.1, 0.15) is 58.2 Å². The molecule has 1 atom stereocenters. The van der Waals surface area contributed by atoms with Gasteiger partial charge >= 0.3 is 7.75 Å². The molecule has 0 radical (unpaired) electrons. The molecular weight excluding hydrogens is 341 g/mol.